The number of halogens is 2. The molecule has 1 N–H and O–H groups in total. The first-order valence-corrected chi connectivity index (χ1v) is 6.42. The summed E-state index contributed by atoms with van der Waals surface area (Å²) in [5.41, 5.74) is -0.00699. The second-order valence-corrected chi connectivity index (χ2v) is 4.91. The number of carboxylic acid groups (broad SMARTS) is 1. The van der Waals surface area contributed by atoms with Crippen LogP contribution < -0.4 is 0 Å². The molecule has 4 nitrogen and oxygen atoms in total. The van der Waals surface area contributed by atoms with Crippen LogP contribution in [0.15, 0.2) is 18.2 Å². The average Bonchev–Trinajstić information content (AvgIpc) is 2.44. The molecule has 0 aliphatic carbocycles. The Morgan fingerprint density at radius 2 is 2.10 bits per heavy atom. The molecule has 108 valence electrons. The Balaban J connectivity index is 2.04. The Morgan fingerprint density at radius 1 is 1.35 bits per heavy atom. The Morgan fingerprint density at radius 3 is 2.80 bits per heavy atom. The second-order valence-electron chi connectivity index (χ2n) is 4.91. The number of amides is 1. The molecule has 1 unspecified atom stereocenters. The molecule has 6 heteroatoms. The summed E-state index contributed by atoms with van der Waals surface area (Å²) in [6.45, 7) is 0.588. The van der Waals surface area contributed by atoms with Crippen molar-refractivity contribution < 1.29 is 23.5 Å². The van der Waals surface area contributed by atoms with Crippen molar-refractivity contribution in [2.45, 2.75) is 19.3 Å². The van der Waals surface area contributed by atoms with E-state index in [2.05, 4.69) is 0 Å². The third-order valence-corrected chi connectivity index (χ3v) is 3.50. The average molecular weight is 283 g/mol. The van der Waals surface area contributed by atoms with Gasteiger partial charge in [0.15, 0.2) is 11.6 Å². The lowest BCUT2D eigenvalue weighted by Crippen LogP contribution is -2.43. The lowest BCUT2D eigenvalue weighted by atomic mass is 9.97. The van der Waals surface area contributed by atoms with Crippen LogP contribution in [0.5, 0.6) is 0 Å². The minimum Gasteiger partial charge on any atom is -0.481 e. The highest BCUT2D eigenvalue weighted by Crippen LogP contribution is 2.19. The summed E-state index contributed by atoms with van der Waals surface area (Å²) in [4.78, 5) is 24.4. The van der Waals surface area contributed by atoms with Crippen LogP contribution in [0.1, 0.15) is 18.4 Å². The number of carbonyl (C=O) groups is 2. The van der Waals surface area contributed by atoms with Gasteiger partial charge in [-0.3, -0.25) is 9.59 Å². The standard InChI is InChI=1S/C14H15F2NO3/c15-11-5-1-3-9(13(11)16)7-12(18)17-6-2-4-10(8-17)14(19)20/h1,3,5,10H,2,4,6-8H2,(H,19,20). The van der Waals surface area contributed by atoms with E-state index in [0.29, 0.717) is 19.4 Å². The predicted octanol–water partition coefficient (Wildman–Crippen LogP) is 1.83. The van der Waals surface area contributed by atoms with Gasteiger partial charge in [-0.1, -0.05) is 12.1 Å². The van der Waals surface area contributed by atoms with Gasteiger partial charge in [-0.05, 0) is 18.9 Å². The molecule has 0 radical (unpaired) electrons. The number of carboxylic acids is 1. The molecule has 1 atom stereocenters. The maximum absolute atomic E-state index is 13.5. The molecule has 1 aliphatic rings. The van der Waals surface area contributed by atoms with Crippen LogP contribution in [0.3, 0.4) is 0 Å². The summed E-state index contributed by atoms with van der Waals surface area (Å²) in [7, 11) is 0. The highest BCUT2D eigenvalue weighted by molar-refractivity contribution is 5.80. The number of aliphatic carboxylic acids is 1. The molecule has 20 heavy (non-hydrogen) atoms. The molecule has 1 fully saturated rings. The van der Waals surface area contributed by atoms with E-state index in [9.17, 15) is 18.4 Å². The summed E-state index contributed by atoms with van der Waals surface area (Å²) in [5, 5.41) is 8.96. The fraction of sp³-hybridized carbons (Fsp3) is 0.429. The van der Waals surface area contributed by atoms with E-state index in [4.69, 9.17) is 5.11 Å². The van der Waals surface area contributed by atoms with E-state index in [-0.39, 0.29) is 24.4 Å². The minimum absolute atomic E-state index is 0.00699. The van der Waals surface area contributed by atoms with Crippen molar-refractivity contribution in [2.24, 2.45) is 5.92 Å². The zero-order valence-electron chi connectivity index (χ0n) is 10.8. The zero-order valence-corrected chi connectivity index (χ0v) is 10.8. The van der Waals surface area contributed by atoms with Crippen LogP contribution in [-0.4, -0.2) is 35.0 Å². The van der Waals surface area contributed by atoms with Crippen molar-refractivity contribution in [3.05, 3.63) is 35.4 Å². The van der Waals surface area contributed by atoms with Gasteiger partial charge in [0.2, 0.25) is 5.91 Å². The highest BCUT2D eigenvalue weighted by Gasteiger charge is 2.28. The first-order valence-electron chi connectivity index (χ1n) is 6.42. The van der Waals surface area contributed by atoms with Crippen molar-refractivity contribution in [2.75, 3.05) is 13.1 Å². The van der Waals surface area contributed by atoms with Crippen molar-refractivity contribution in [1.82, 2.24) is 4.90 Å². The van der Waals surface area contributed by atoms with Gasteiger partial charge in [0.25, 0.3) is 0 Å². The van der Waals surface area contributed by atoms with E-state index >= 15 is 0 Å². The van der Waals surface area contributed by atoms with Crippen LogP contribution in [0.2, 0.25) is 0 Å². The van der Waals surface area contributed by atoms with Gasteiger partial charge in [-0.15, -0.1) is 0 Å². The number of likely N-dealkylation sites (tertiary alicyclic amines) is 1. The number of rotatable bonds is 3. The van der Waals surface area contributed by atoms with E-state index in [1.165, 1.54) is 17.0 Å². The Hall–Kier alpha value is -1.98. The number of benzene rings is 1. The van der Waals surface area contributed by atoms with Crippen LogP contribution in [0.25, 0.3) is 0 Å². The Bertz CT molecular complexity index is 533. The number of hydrogen-bond acceptors (Lipinski definition) is 2. The lowest BCUT2D eigenvalue weighted by Gasteiger charge is -2.30. The second kappa shape index (κ2) is 5.98. The largest absolute Gasteiger partial charge is 0.481 e. The highest BCUT2D eigenvalue weighted by atomic mass is 19.2. The molecule has 0 aromatic heterocycles. The summed E-state index contributed by atoms with van der Waals surface area (Å²) in [6.07, 6.45) is 0.887. The maximum Gasteiger partial charge on any atom is 0.308 e. The first kappa shape index (κ1) is 14.4. The monoisotopic (exact) mass is 283 g/mol. The van der Waals surface area contributed by atoms with Gasteiger partial charge in [0, 0.05) is 18.7 Å². The summed E-state index contributed by atoms with van der Waals surface area (Å²) in [5.74, 6) is -3.89. The number of hydrogen-bond donors (Lipinski definition) is 1. The molecule has 0 spiro atoms. The fourth-order valence-electron chi connectivity index (χ4n) is 2.36. The molecule has 1 aliphatic heterocycles. The molecule has 1 aromatic carbocycles. The van der Waals surface area contributed by atoms with Crippen molar-refractivity contribution in [1.29, 1.82) is 0 Å². The van der Waals surface area contributed by atoms with Gasteiger partial charge < -0.3 is 10.0 Å². The van der Waals surface area contributed by atoms with Crippen molar-refractivity contribution in [3.63, 3.8) is 0 Å². The molecule has 1 amide bonds. The SMILES string of the molecule is O=C(O)C1CCCN(C(=O)Cc2cccc(F)c2F)C1. The van der Waals surface area contributed by atoms with Crippen LogP contribution >= 0.6 is 0 Å². The molecule has 1 heterocycles. The van der Waals surface area contributed by atoms with Crippen LogP contribution in [-0.2, 0) is 16.0 Å². The topological polar surface area (TPSA) is 57.6 Å². The fourth-order valence-corrected chi connectivity index (χ4v) is 2.36. The van der Waals surface area contributed by atoms with E-state index in [1.54, 1.807) is 0 Å². The smallest absolute Gasteiger partial charge is 0.308 e. The predicted molar refractivity (Wildman–Crippen MR) is 67.0 cm³/mol. The number of nitrogens with zero attached hydrogens (tertiary/aromatic N) is 1. The Labute approximate surface area is 115 Å². The molecule has 2 rings (SSSR count). The number of piperidine rings is 1. The van der Waals surface area contributed by atoms with E-state index in [0.717, 1.165) is 6.07 Å². The van der Waals surface area contributed by atoms with Gasteiger partial charge >= 0.3 is 5.97 Å². The molecular weight excluding hydrogens is 268 g/mol. The summed E-state index contributed by atoms with van der Waals surface area (Å²) >= 11 is 0. The molecule has 0 saturated carbocycles. The lowest BCUT2D eigenvalue weighted by molar-refractivity contribution is -0.145. The molecule has 1 aromatic rings. The molecular formula is C14H15F2NO3. The van der Waals surface area contributed by atoms with E-state index < -0.39 is 23.5 Å². The van der Waals surface area contributed by atoms with Gasteiger partial charge in [0.05, 0.1) is 12.3 Å². The third-order valence-electron chi connectivity index (χ3n) is 3.50. The maximum atomic E-state index is 13.5. The zero-order chi connectivity index (χ0) is 14.7. The summed E-state index contributed by atoms with van der Waals surface area (Å²) < 4.78 is 26.6. The molecule has 1 saturated heterocycles. The van der Waals surface area contributed by atoms with Gasteiger partial charge in [-0.2, -0.15) is 0 Å². The van der Waals surface area contributed by atoms with Crippen molar-refractivity contribution in [3.8, 4) is 0 Å². The quantitative estimate of drug-likeness (QED) is 0.920. The minimum atomic E-state index is -1.02. The van der Waals surface area contributed by atoms with Crippen molar-refractivity contribution >= 4 is 11.9 Å². The summed E-state index contributed by atoms with van der Waals surface area (Å²) in [6, 6.07) is 3.69. The third kappa shape index (κ3) is 3.12. The first-order chi connectivity index (χ1) is 9.49. The van der Waals surface area contributed by atoms with E-state index in [1.807, 2.05) is 0 Å². The Kier molecular flexibility index (Phi) is 4.32. The van der Waals surface area contributed by atoms with Gasteiger partial charge in [0.1, 0.15) is 0 Å². The van der Waals surface area contributed by atoms with Crippen LogP contribution in [0, 0.1) is 17.6 Å². The normalized spacial score (nSPS) is 18.9. The van der Waals surface area contributed by atoms with Crippen LogP contribution in [0.4, 0.5) is 8.78 Å². The van der Waals surface area contributed by atoms with Gasteiger partial charge in [-0.25, -0.2) is 8.78 Å². The molecule has 0 bridgehead atoms. The number of carbonyl (C=O) groups excluding carboxylic acids is 1.